The fourth-order valence-corrected chi connectivity index (χ4v) is 2.93. The summed E-state index contributed by atoms with van der Waals surface area (Å²) in [6.07, 6.45) is 6.44. The number of carbonyl (C=O) groups excluding carboxylic acids is 1. The number of methoxy groups -OCH3 is 2. The summed E-state index contributed by atoms with van der Waals surface area (Å²) in [5, 5.41) is 13.0. The van der Waals surface area contributed by atoms with E-state index in [4.69, 9.17) is 14.2 Å². The van der Waals surface area contributed by atoms with Gasteiger partial charge in [0.25, 0.3) is 5.91 Å². The van der Waals surface area contributed by atoms with Gasteiger partial charge in [-0.25, -0.2) is 4.98 Å². The number of nitrogens with zero attached hydrogens (tertiary/aromatic N) is 2. The number of fused-ring (bicyclic) bond motifs is 1. The molecule has 158 valence electrons. The second kappa shape index (κ2) is 9.98. The number of amides is 1. The lowest BCUT2D eigenvalue weighted by atomic mass is 10.1. The number of nitrogens with one attached hydrogen (secondary N) is 2. The van der Waals surface area contributed by atoms with Gasteiger partial charge in [0, 0.05) is 23.7 Å². The first-order chi connectivity index (χ1) is 15.1. The van der Waals surface area contributed by atoms with E-state index in [1.54, 1.807) is 50.9 Å². The van der Waals surface area contributed by atoms with E-state index in [-0.39, 0.29) is 12.1 Å². The predicted octanol–water partition coefficient (Wildman–Crippen LogP) is 3.37. The molecule has 0 saturated carbocycles. The lowest BCUT2D eigenvalue weighted by Crippen LogP contribution is -2.24. The Bertz CT molecular complexity index is 1170. The summed E-state index contributed by atoms with van der Waals surface area (Å²) < 4.78 is 16.0. The van der Waals surface area contributed by atoms with Crippen LogP contribution in [-0.2, 0) is 11.3 Å². The average Bonchev–Trinajstić information content (AvgIpc) is 3.21. The smallest absolute Gasteiger partial charge is 0.262 e. The van der Waals surface area contributed by atoms with Gasteiger partial charge >= 0.3 is 0 Å². The van der Waals surface area contributed by atoms with E-state index >= 15 is 0 Å². The van der Waals surface area contributed by atoms with Crippen molar-refractivity contribution in [1.82, 2.24) is 15.3 Å². The summed E-state index contributed by atoms with van der Waals surface area (Å²) in [5.41, 5.74) is 2.06. The zero-order chi connectivity index (χ0) is 22.2. The summed E-state index contributed by atoms with van der Waals surface area (Å²) in [6.45, 7) is 4.20. The Hall–Kier alpha value is -4.25. The van der Waals surface area contributed by atoms with Crippen molar-refractivity contribution in [3.8, 4) is 23.3 Å². The van der Waals surface area contributed by atoms with E-state index in [9.17, 15) is 10.1 Å². The molecule has 1 amide bonds. The van der Waals surface area contributed by atoms with Crippen LogP contribution in [0.1, 0.15) is 11.1 Å². The third kappa shape index (κ3) is 5.03. The zero-order valence-corrected chi connectivity index (χ0v) is 17.3. The minimum atomic E-state index is -0.487. The SMILES string of the molecule is C=CCOc1cnc2[nH]cc(/C=C(\C#N)C(=O)NCc3ccc(OC)c(OC)c3)c2c1. The number of ether oxygens (including phenoxy) is 3. The summed E-state index contributed by atoms with van der Waals surface area (Å²) in [7, 11) is 3.10. The van der Waals surface area contributed by atoms with Gasteiger partial charge in [0.15, 0.2) is 11.5 Å². The van der Waals surface area contributed by atoms with E-state index in [1.807, 2.05) is 12.1 Å². The average molecular weight is 418 g/mol. The third-order valence-electron chi connectivity index (χ3n) is 4.47. The minimum absolute atomic E-state index is 0.0289. The molecule has 0 fully saturated rings. The van der Waals surface area contributed by atoms with Crippen molar-refractivity contribution in [2.24, 2.45) is 0 Å². The van der Waals surface area contributed by atoms with Crippen molar-refractivity contribution in [1.29, 1.82) is 5.26 Å². The summed E-state index contributed by atoms with van der Waals surface area (Å²) in [4.78, 5) is 19.9. The highest BCUT2D eigenvalue weighted by Crippen LogP contribution is 2.27. The van der Waals surface area contributed by atoms with Crippen LogP contribution in [0.4, 0.5) is 0 Å². The molecule has 0 unspecified atom stereocenters. The van der Waals surface area contributed by atoms with Crippen LogP contribution in [0.3, 0.4) is 0 Å². The predicted molar refractivity (Wildman–Crippen MR) is 117 cm³/mol. The van der Waals surface area contributed by atoms with E-state index in [0.717, 1.165) is 10.9 Å². The van der Waals surface area contributed by atoms with Crippen LogP contribution in [0.2, 0.25) is 0 Å². The number of aromatic amines is 1. The molecular formula is C23H22N4O4. The number of hydrogen-bond donors (Lipinski definition) is 2. The molecule has 0 aliphatic rings. The Labute approximate surface area is 179 Å². The molecule has 0 radical (unpaired) electrons. The van der Waals surface area contributed by atoms with Crippen LogP contribution < -0.4 is 19.5 Å². The maximum atomic E-state index is 12.6. The van der Waals surface area contributed by atoms with Gasteiger partial charge in [-0.15, -0.1) is 0 Å². The zero-order valence-electron chi connectivity index (χ0n) is 17.3. The molecule has 3 rings (SSSR count). The van der Waals surface area contributed by atoms with E-state index < -0.39 is 5.91 Å². The molecule has 0 saturated heterocycles. The topological polar surface area (TPSA) is 109 Å². The Morgan fingerprint density at radius 3 is 2.81 bits per heavy atom. The minimum Gasteiger partial charge on any atom is -0.493 e. The maximum Gasteiger partial charge on any atom is 0.262 e. The standard InChI is InChI=1S/C23H22N4O4/c1-4-7-31-18-10-19-17(13-25-22(19)26-14-18)9-16(11-24)23(28)27-12-15-5-6-20(29-2)21(8-15)30-3/h4-6,8-10,13-14H,1,7,12H2,2-3H3,(H,25,26)(H,27,28)/b16-9+. The quantitative estimate of drug-likeness (QED) is 0.313. The van der Waals surface area contributed by atoms with Crippen LogP contribution in [0.5, 0.6) is 17.2 Å². The second-order valence-corrected chi connectivity index (χ2v) is 6.45. The Morgan fingerprint density at radius 2 is 2.10 bits per heavy atom. The van der Waals surface area contributed by atoms with Crippen LogP contribution in [-0.4, -0.2) is 36.7 Å². The summed E-state index contributed by atoms with van der Waals surface area (Å²) in [5.74, 6) is 1.24. The molecule has 0 spiro atoms. The van der Waals surface area contributed by atoms with Crippen LogP contribution >= 0.6 is 0 Å². The molecule has 8 heteroatoms. The Kier molecular flexibility index (Phi) is 6.91. The number of nitriles is 1. The molecule has 2 heterocycles. The lowest BCUT2D eigenvalue weighted by Gasteiger charge is -2.10. The molecule has 0 aliphatic carbocycles. The number of pyridine rings is 1. The molecule has 0 bridgehead atoms. The number of carbonyl (C=O) groups is 1. The number of aromatic nitrogens is 2. The molecule has 0 aliphatic heterocycles. The highest BCUT2D eigenvalue weighted by atomic mass is 16.5. The fraction of sp³-hybridized carbons (Fsp3) is 0.174. The van der Waals surface area contributed by atoms with Gasteiger partial charge in [-0.2, -0.15) is 5.26 Å². The molecular weight excluding hydrogens is 396 g/mol. The van der Waals surface area contributed by atoms with Crippen molar-refractivity contribution in [2.45, 2.75) is 6.54 Å². The van der Waals surface area contributed by atoms with E-state index in [1.165, 1.54) is 6.08 Å². The van der Waals surface area contributed by atoms with Crippen molar-refractivity contribution in [3.05, 3.63) is 66.0 Å². The normalized spacial score (nSPS) is 10.9. The Morgan fingerprint density at radius 1 is 1.29 bits per heavy atom. The number of H-pyrrole nitrogens is 1. The highest BCUT2D eigenvalue weighted by molar-refractivity contribution is 6.03. The van der Waals surface area contributed by atoms with Crippen molar-refractivity contribution in [2.75, 3.05) is 20.8 Å². The molecule has 0 atom stereocenters. The largest absolute Gasteiger partial charge is 0.493 e. The van der Waals surface area contributed by atoms with Gasteiger partial charge in [-0.3, -0.25) is 4.79 Å². The number of benzene rings is 1. The number of hydrogen-bond acceptors (Lipinski definition) is 6. The maximum absolute atomic E-state index is 12.6. The van der Waals surface area contributed by atoms with Gasteiger partial charge in [-0.1, -0.05) is 18.7 Å². The molecule has 8 nitrogen and oxygen atoms in total. The van der Waals surface area contributed by atoms with E-state index in [2.05, 4.69) is 21.9 Å². The first kappa shape index (κ1) is 21.5. The second-order valence-electron chi connectivity index (χ2n) is 6.45. The first-order valence-corrected chi connectivity index (χ1v) is 9.41. The van der Waals surface area contributed by atoms with Crippen molar-refractivity contribution >= 4 is 23.0 Å². The van der Waals surface area contributed by atoms with Crippen molar-refractivity contribution in [3.63, 3.8) is 0 Å². The molecule has 1 aromatic carbocycles. The van der Waals surface area contributed by atoms with Gasteiger partial charge < -0.3 is 24.5 Å². The van der Waals surface area contributed by atoms with Crippen molar-refractivity contribution < 1.29 is 19.0 Å². The van der Waals surface area contributed by atoms with E-state index in [0.29, 0.717) is 35.1 Å². The van der Waals surface area contributed by atoms with Crippen LogP contribution in [0.25, 0.3) is 17.1 Å². The highest BCUT2D eigenvalue weighted by Gasteiger charge is 2.12. The molecule has 2 aromatic heterocycles. The molecule has 2 N–H and O–H groups in total. The summed E-state index contributed by atoms with van der Waals surface area (Å²) >= 11 is 0. The summed E-state index contributed by atoms with van der Waals surface area (Å²) in [6, 6.07) is 9.09. The molecule has 31 heavy (non-hydrogen) atoms. The van der Waals surface area contributed by atoms with Gasteiger partial charge in [0.1, 0.15) is 29.6 Å². The van der Waals surface area contributed by atoms with Crippen LogP contribution in [0, 0.1) is 11.3 Å². The fourth-order valence-electron chi connectivity index (χ4n) is 2.93. The van der Waals surface area contributed by atoms with Crippen LogP contribution in [0.15, 0.2) is 54.9 Å². The Balaban J connectivity index is 1.77. The lowest BCUT2D eigenvalue weighted by molar-refractivity contribution is -0.117. The third-order valence-corrected chi connectivity index (χ3v) is 4.47. The molecule has 3 aromatic rings. The van der Waals surface area contributed by atoms with Gasteiger partial charge in [-0.05, 0) is 29.8 Å². The number of rotatable bonds is 9. The first-order valence-electron chi connectivity index (χ1n) is 9.41. The van der Waals surface area contributed by atoms with Gasteiger partial charge in [0.2, 0.25) is 0 Å². The van der Waals surface area contributed by atoms with Gasteiger partial charge in [0.05, 0.1) is 20.4 Å². The monoisotopic (exact) mass is 418 g/mol.